The third-order valence-corrected chi connectivity index (χ3v) is 1.73. The van der Waals surface area contributed by atoms with Crippen LogP contribution in [0.2, 0.25) is 0 Å². The van der Waals surface area contributed by atoms with Crippen molar-refractivity contribution in [2.45, 2.75) is 0 Å². The smallest absolute Gasteiger partial charge is 0.102 e. The number of hydrogen-bond donors (Lipinski definition) is 3. The highest BCUT2D eigenvalue weighted by Crippen LogP contribution is 2.13. The van der Waals surface area contributed by atoms with Crippen LogP contribution in [-0.4, -0.2) is 16.6 Å². The van der Waals surface area contributed by atoms with Crippen LogP contribution in [0.4, 0.5) is 0 Å². The lowest BCUT2D eigenvalue weighted by atomic mass is 10.9. The van der Waals surface area contributed by atoms with Gasteiger partial charge in [0.15, 0.2) is 0 Å². The Morgan fingerprint density at radius 2 is 2.38 bits per heavy atom. The van der Waals surface area contributed by atoms with Crippen molar-refractivity contribution in [2.24, 2.45) is 0 Å². The molecule has 0 fully saturated rings. The van der Waals surface area contributed by atoms with Gasteiger partial charge < -0.3 is 0 Å². The largest absolute Gasteiger partial charge is 0.296 e. The van der Waals surface area contributed by atoms with Crippen molar-refractivity contribution in [3.8, 4) is 0 Å². The van der Waals surface area contributed by atoms with E-state index < -0.39 is 0 Å². The fourth-order valence-electron chi connectivity index (χ4n) is 0.393. The molecule has 1 heterocycles. The molecule has 1 rings (SSSR count). The summed E-state index contributed by atoms with van der Waals surface area (Å²) >= 11 is 8.07. The van der Waals surface area contributed by atoms with Crippen LogP contribution in [0.15, 0.2) is 11.2 Å². The molecular weight excluding hydrogens is 142 g/mol. The average Bonchev–Trinajstić information content (AvgIpc) is 1.98. The predicted molar refractivity (Wildman–Crippen MR) is 38.8 cm³/mol. The Balaban J connectivity index is 2.59. The monoisotopic (exact) mass is 149 g/mol. The SMILES string of the molecule is CN1C(S)=CNN1S. The maximum absolute atomic E-state index is 4.08. The number of thiol groups is 2. The third-order valence-electron chi connectivity index (χ3n) is 0.925. The summed E-state index contributed by atoms with van der Waals surface area (Å²) in [6, 6.07) is 0. The van der Waals surface area contributed by atoms with Gasteiger partial charge in [0, 0.05) is 13.2 Å². The molecule has 0 aromatic carbocycles. The van der Waals surface area contributed by atoms with Gasteiger partial charge in [-0.05, 0) is 0 Å². The van der Waals surface area contributed by atoms with E-state index in [1.807, 2.05) is 7.05 Å². The van der Waals surface area contributed by atoms with Crippen molar-refractivity contribution in [1.82, 2.24) is 15.0 Å². The molecule has 3 nitrogen and oxygen atoms in total. The van der Waals surface area contributed by atoms with Gasteiger partial charge in [-0.1, -0.05) is 17.3 Å². The summed E-state index contributed by atoms with van der Waals surface area (Å²) < 4.78 is 1.53. The Labute approximate surface area is 59.2 Å². The van der Waals surface area contributed by atoms with E-state index in [9.17, 15) is 0 Å². The highest BCUT2D eigenvalue weighted by molar-refractivity contribution is 7.84. The molecule has 0 radical (unpaired) electrons. The fraction of sp³-hybridized carbons (Fsp3) is 0.333. The van der Waals surface area contributed by atoms with Gasteiger partial charge in [-0.3, -0.25) is 10.4 Å². The molecule has 0 aliphatic carbocycles. The predicted octanol–water partition coefficient (Wildman–Crippen LogP) is 0.227. The zero-order valence-corrected chi connectivity index (χ0v) is 6.16. The maximum Gasteiger partial charge on any atom is 0.102 e. The first kappa shape index (κ1) is 6.12. The zero-order valence-electron chi connectivity index (χ0n) is 4.37. The minimum atomic E-state index is 0.847. The highest BCUT2D eigenvalue weighted by Gasteiger charge is 2.11. The molecule has 0 aromatic rings. The van der Waals surface area contributed by atoms with Crippen LogP contribution >= 0.6 is 25.4 Å². The Kier molecular flexibility index (Phi) is 1.59. The van der Waals surface area contributed by atoms with Crippen LogP contribution in [0.1, 0.15) is 0 Å². The van der Waals surface area contributed by atoms with Crippen molar-refractivity contribution >= 4 is 25.4 Å². The summed E-state index contributed by atoms with van der Waals surface area (Å²) in [6.07, 6.45) is 1.75. The molecule has 0 atom stereocenters. The van der Waals surface area contributed by atoms with Crippen molar-refractivity contribution < 1.29 is 0 Å². The van der Waals surface area contributed by atoms with Crippen molar-refractivity contribution in [2.75, 3.05) is 7.05 Å². The van der Waals surface area contributed by atoms with Crippen molar-refractivity contribution in [1.29, 1.82) is 0 Å². The molecule has 0 unspecified atom stereocenters. The van der Waals surface area contributed by atoms with Crippen LogP contribution < -0.4 is 5.43 Å². The van der Waals surface area contributed by atoms with Gasteiger partial charge in [0.05, 0.1) is 0 Å². The topological polar surface area (TPSA) is 18.5 Å². The van der Waals surface area contributed by atoms with E-state index in [2.05, 4.69) is 30.9 Å². The second-order valence-electron chi connectivity index (χ2n) is 1.44. The summed E-state index contributed by atoms with van der Waals surface area (Å²) in [7, 11) is 1.85. The Morgan fingerprint density at radius 1 is 1.75 bits per heavy atom. The summed E-state index contributed by atoms with van der Waals surface area (Å²) in [6.45, 7) is 0. The van der Waals surface area contributed by atoms with E-state index >= 15 is 0 Å². The Bertz CT molecular complexity index is 124. The maximum atomic E-state index is 4.08. The number of hydrogen-bond acceptors (Lipinski definition) is 5. The molecule has 0 aromatic heterocycles. The summed E-state index contributed by atoms with van der Waals surface area (Å²) in [5.74, 6) is 0. The number of rotatable bonds is 0. The molecule has 1 aliphatic heterocycles. The number of hydrazine groups is 2. The van der Waals surface area contributed by atoms with Crippen LogP contribution in [0.25, 0.3) is 0 Å². The lowest BCUT2D eigenvalue weighted by Gasteiger charge is -2.19. The minimum absolute atomic E-state index is 0.847. The summed E-state index contributed by atoms with van der Waals surface area (Å²) in [5, 5.41) is 2.60. The molecule has 0 bridgehead atoms. The molecule has 5 heteroatoms. The lowest BCUT2D eigenvalue weighted by Crippen LogP contribution is -2.31. The van der Waals surface area contributed by atoms with E-state index in [1.165, 1.54) is 4.52 Å². The van der Waals surface area contributed by atoms with Gasteiger partial charge in [-0.25, -0.2) is 0 Å². The summed E-state index contributed by atoms with van der Waals surface area (Å²) in [5.41, 5.74) is 2.80. The van der Waals surface area contributed by atoms with Gasteiger partial charge in [0.25, 0.3) is 0 Å². The van der Waals surface area contributed by atoms with Crippen LogP contribution in [0.3, 0.4) is 0 Å². The molecule has 0 saturated heterocycles. The first-order chi connectivity index (χ1) is 3.72. The zero-order chi connectivity index (χ0) is 6.15. The van der Waals surface area contributed by atoms with Crippen LogP contribution in [-0.2, 0) is 0 Å². The molecule has 0 saturated carbocycles. The molecule has 1 aliphatic rings. The second kappa shape index (κ2) is 2.08. The van der Waals surface area contributed by atoms with Gasteiger partial charge in [-0.15, -0.1) is 12.6 Å². The van der Waals surface area contributed by atoms with E-state index in [0.717, 1.165) is 5.03 Å². The highest BCUT2D eigenvalue weighted by atomic mass is 32.1. The summed E-state index contributed by atoms with van der Waals surface area (Å²) in [4.78, 5) is 0. The molecule has 0 amide bonds. The van der Waals surface area contributed by atoms with Crippen molar-refractivity contribution in [3.63, 3.8) is 0 Å². The van der Waals surface area contributed by atoms with Gasteiger partial charge >= 0.3 is 0 Å². The third kappa shape index (κ3) is 0.888. The molecule has 46 valence electrons. The van der Waals surface area contributed by atoms with Gasteiger partial charge in [0.2, 0.25) is 0 Å². The van der Waals surface area contributed by atoms with E-state index in [4.69, 9.17) is 0 Å². The first-order valence-electron chi connectivity index (χ1n) is 2.10. The normalized spacial score (nSPS) is 20.9. The fourth-order valence-corrected chi connectivity index (χ4v) is 0.764. The second-order valence-corrected chi connectivity index (χ2v) is 2.28. The standard InChI is InChI=1S/C3H7N3S2/c1-5-3(7)2-4-6(5)8/h2,4,7-8H,1H3. The molecule has 1 N–H and O–H groups in total. The van der Waals surface area contributed by atoms with Crippen molar-refractivity contribution in [3.05, 3.63) is 11.2 Å². The van der Waals surface area contributed by atoms with E-state index in [0.29, 0.717) is 0 Å². The van der Waals surface area contributed by atoms with Crippen LogP contribution in [0, 0.1) is 0 Å². The first-order valence-corrected chi connectivity index (χ1v) is 2.94. The van der Waals surface area contributed by atoms with Gasteiger partial charge in [0.1, 0.15) is 5.03 Å². The number of nitrogens with one attached hydrogen (secondary N) is 1. The number of nitrogens with zero attached hydrogens (tertiary/aromatic N) is 2. The molecule has 8 heavy (non-hydrogen) atoms. The quantitative estimate of drug-likeness (QED) is 0.428. The van der Waals surface area contributed by atoms with E-state index in [1.54, 1.807) is 11.2 Å². The van der Waals surface area contributed by atoms with E-state index in [-0.39, 0.29) is 0 Å². The minimum Gasteiger partial charge on any atom is -0.296 e. The average molecular weight is 149 g/mol. The lowest BCUT2D eigenvalue weighted by molar-refractivity contribution is 0.162. The Hall–Kier alpha value is -0.0000000000000000555. The molecular formula is C3H7N3S2. The molecule has 0 spiro atoms. The Morgan fingerprint density at radius 3 is 2.50 bits per heavy atom. The van der Waals surface area contributed by atoms with Crippen LogP contribution in [0.5, 0.6) is 0 Å². The van der Waals surface area contributed by atoms with Gasteiger partial charge in [-0.2, -0.15) is 0 Å².